The Morgan fingerprint density at radius 2 is 2.25 bits per heavy atom. The van der Waals surface area contributed by atoms with Gasteiger partial charge in [0.1, 0.15) is 0 Å². The van der Waals surface area contributed by atoms with Gasteiger partial charge in [-0.3, -0.25) is 0 Å². The number of benzene rings is 1. The van der Waals surface area contributed by atoms with Crippen molar-refractivity contribution in [3.05, 3.63) is 57.5 Å². The van der Waals surface area contributed by atoms with Gasteiger partial charge in [0, 0.05) is 4.47 Å². The molecule has 20 heavy (non-hydrogen) atoms. The Balaban J connectivity index is 1.99. The van der Waals surface area contributed by atoms with Gasteiger partial charge in [0.15, 0.2) is 5.76 Å². The van der Waals surface area contributed by atoms with Crippen molar-refractivity contribution >= 4 is 34.4 Å². The highest BCUT2D eigenvalue weighted by Crippen LogP contribution is 2.17. The van der Waals surface area contributed by atoms with Crippen LogP contribution in [0.5, 0.6) is 0 Å². The maximum atomic E-state index is 5.31. The smallest absolute Gasteiger partial charge is 0.219 e. The minimum absolute atomic E-state index is 0.405. The summed E-state index contributed by atoms with van der Waals surface area (Å²) in [4.78, 5) is 0. The number of nitrogens with one attached hydrogen (secondary N) is 1. The van der Waals surface area contributed by atoms with E-state index in [0.717, 1.165) is 10.0 Å². The lowest BCUT2D eigenvalue weighted by Crippen LogP contribution is -1.94. The van der Waals surface area contributed by atoms with Crippen molar-refractivity contribution < 1.29 is 4.42 Å². The summed E-state index contributed by atoms with van der Waals surface area (Å²) >= 11 is 8.59. The van der Waals surface area contributed by atoms with E-state index in [0.29, 0.717) is 16.4 Å². The second-order valence-corrected chi connectivity index (χ2v) is 5.24. The Bertz CT molecular complexity index is 804. The molecule has 0 unspecified atom stereocenters. The van der Waals surface area contributed by atoms with Gasteiger partial charge in [-0.05, 0) is 42.0 Å². The van der Waals surface area contributed by atoms with Crippen LogP contribution < -0.4 is 0 Å². The van der Waals surface area contributed by atoms with Gasteiger partial charge in [-0.25, -0.2) is 5.10 Å². The zero-order valence-corrected chi connectivity index (χ0v) is 12.6. The first-order valence-corrected chi connectivity index (χ1v) is 6.95. The van der Waals surface area contributed by atoms with Gasteiger partial charge in [-0.1, -0.05) is 28.1 Å². The van der Waals surface area contributed by atoms with E-state index in [1.54, 1.807) is 24.6 Å². The van der Waals surface area contributed by atoms with Crippen molar-refractivity contribution in [1.29, 1.82) is 0 Å². The Morgan fingerprint density at radius 3 is 3.00 bits per heavy atom. The molecule has 3 aromatic rings. The number of rotatable bonds is 3. The molecule has 0 radical (unpaired) electrons. The molecule has 0 saturated carbocycles. The number of nitrogens with zero attached hydrogens (tertiary/aromatic N) is 3. The molecule has 2 aromatic heterocycles. The number of furan rings is 1. The zero-order chi connectivity index (χ0) is 13.9. The number of halogens is 1. The number of hydrogen-bond donors (Lipinski definition) is 1. The molecule has 100 valence electrons. The van der Waals surface area contributed by atoms with Crippen molar-refractivity contribution in [1.82, 2.24) is 14.9 Å². The first-order valence-electron chi connectivity index (χ1n) is 5.75. The molecule has 0 amide bonds. The fraction of sp³-hybridized carbons (Fsp3) is 0. The number of hydrogen-bond acceptors (Lipinski definition) is 4. The molecule has 0 aliphatic heterocycles. The fourth-order valence-electron chi connectivity index (χ4n) is 1.68. The van der Waals surface area contributed by atoms with Gasteiger partial charge in [-0.15, -0.1) is 5.10 Å². The molecule has 1 aromatic carbocycles. The lowest BCUT2D eigenvalue weighted by molar-refractivity contribution is 0.573. The van der Waals surface area contributed by atoms with Gasteiger partial charge in [0.2, 0.25) is 10.6 Å². The standard InChI is InChI=1S/C13H9BrN4OS/c14-10-4-1-3-9(7-10)8-15-18-12(16-17-13(18)20)11-5-2-6-19-11/h1-8H,(H,17,20)/b15-8-. The van der Waals surface area contributed by atoms with E-state index >= 15 is 0 Å². The largest absolute Gasteiger partial charge is 0.461 e. The van der Waals surface area contributed by atoms with Gasteiger partial charge in [-0.2, -0.15) is 9.78 Å². The van der Waals surface area contributed by atoms with Crippen LogP contribution in [0, 0.1) is 4.77 Å². The predicted molar refractivity (Wildman–Crippen MR) is 82.2 cm³/mol. The third-order valence-corrected chi connectivity index (χ3v) is 3.32. The average molecular weight is 349 g/mol. The van der Waals surface area contributed by atoms with E-state index in [4.69, 9.17) is 16.6 Å². The number of H-pyrrole nitrogens is 1. The molecule has 1 N–H and O–H groups in total. The first kappa shape index (κ1) is 13.0. The highest BCUT2D eigenvalue weighted by molar-refractivity contribution is 9.10. The Morgan fingerprint density at radius 1 is 1.35 bits per heavy atom. The summed E-state index contributed by atoms with van der Waals surface area (Å²) in [6, 6.07) is 11.4. The van der Waals surface area contributed by atoms with Crippen LogP contribution in [-0.2, 0) is 0 Å². The summed E-state index contributed by atoms with van der Waals surface area (Å²) < 4.78 is 8.23. The van der Waals surface area contributed by atoms with Crippen LogP contribution in [0.4, 0.5) is 0 Å². The topological polar surface area (TPSA) is 59.1 Å². The van der Waals surface area contributed by atoms with Crippen LogP contribution in [0.25, 0.3) is 11.6 Å². The third kappa shape index (κ3) is 2.63. The second kappa shape index (κ2) is 5.56. The number of aromatic nitrogens is 3. The summed E-state index contributed by atoms with van der Waals surface area (Å²) in [6.07, 6.45) is 3.29. The van der Waals surface area contributed by atoms with E-state index in [2.05, 4.69) is 31.2 Å². The van der Waals surface area contributed by atoms with Crippen LogP contribution in [-0.4, -0.2) is 21.1 Å². The van der Waals surface area contributed by atoms with E-state index in [9.17, 15) is 0 Å². The maximum Gasteiger partial charge on any atom is 0.219 e. The molecular formula is C13H9BrN4OS. The highest BCUT2D eigenvalue weighted by atomic mass is 79.9. The minimum Gasteiger partial charge on any atom is -0.461 e. The van der Waals surface area contributed by atoms with Crippen molar-refractivity contribution in [2.24, 2.45) is 5.10 Å². The van der Waals surface area contributed by atoms with E-state index in [-0.39, 0.29) is 0 Å². The van der Waals surface area contributed by atoms with Crippen molar-refractivity contribution in [2.75, 3.05) is 0 Å². The molecule has 0 fully saturated rings. The molecule has 3 rings (SSSR count). The van der Waals surface area contributed by atoms with Crippen LogP contribution >= 0.6 is 28.1 Å². The summed E-state index contributed by atoms with van der Waals surface area (Å²) in [5.41, 5.74) is 0.952. The predicted octanol–water partition coefficient (Wildman–Crippen LogP) is 3.85. The maximum absolute atomic E-state index is 5.31. The third-order valence-electron chi connectivity index (χ3n) is 2.56. The molecule has 0 saturated heterocycles. The van der Waals surface area contributed by atoms with Crippen LogP contribution in [0.2, 0.25) is 0 Å². The van der Waals surface area contributed by atoms with Crippen LogP contribution in [0.1, 0.15) is 5.56 Å². The van der Waals surface area contributed by atoms with E-state index in [1.807, 2.05) is 24.3 Å². The first-order chi connectivity index (χ1) is 9.74. The van der Waals surface area contributed by atoms with E-state index in [1.165, 1.54) is 4.68 Å². The van der Waals surface area contributed by atoms with Crippen molar-refractivity contribution in [3.8, 4) is 11.6 Å². The quantitative estimate of drug-likeness (QED) is 0.577. The molecule has 0 aliphatic rings. The molecular weight excluding hydrogens is 340 g/mol. The lowest BCUT2D eigenvalue weighted by Gasteiger charge is -1.97. The monoisotopic (exact) mass is 348 g/mol. The summed E-state index contributed by atoms with van der Waals surface area (Å²) in [7, 11) is 0. The van der Waals surface area contributed by atoms with Gasteiger partial charge < -0.3 is 4.42 Å². The molecule has 0 bridgehead atoms. The molecule has 7 heteroatoms. The minimum atomic E-state index is 0.405. The van der Waals surface area contributed by atoms with Gasteiger partial charge in [0.25, 0.3) is 0 Å². The van der Waals surface area contributed by atoms with Crippen LogP contribution in [0.15, 0.2) is 56.7 Å². The van der Waals surface area contributed by atoms with Gasteiger partial charge in [0.05, 0.1) is 12.5 Å². The Labute approximate surface area is 128 Å². The molecule has 0 spiro atoms. The fourth-order valence-corrected chi connectivity index (χ4v) is 2.27. The normalized spacial score (nSPS) is 11.2. The summed E-state index contributed by atoms with van der Waals surface area (Å²) in [6.45, 7) is 0. The van der Waals surface area contributed by atoms with Crippen molar-refractivity contribution in [3.63, 3.8) is 0 Å². The second-order valence-electron chi connectivity index (χ2n) is 3.94. The van der Waals surface area contributed by atoms with E-state index < -0.39 is 0 Å². The highest BCUT2D eigenvalue weighted by Gasteiger charge is 2.10. The lowest BCUT2D eigenvalue weighted by atomic mass is 10.2. The van der Waals surface area contributed by atoms with Gasteiger partial charge >= 0.3 is 0 Å². The van der Waals surface area contributed by atoms with Crippen LogP contribution in [0.3, 0.4) is 0 Å². The Kier molecular flexibility index (Phi) is 3.62. The summed E-state index contributed by atoms with van der Waals surface area (Å²) in [5, 5.41) is 11.2. The Hall–Kier alpha value is -1.99. The molecule has 0 aliphatic carbocycles. The number of aromatic amines is 1. The molecule has 2 heterocycles. The zero-order valence-electron chi connectivity index (χ0n) is 10.2. The summed E-state index contributed by atoms with van der Waals surface area (Å²) in [5.74, 6) is 1.13. The van der Waals surface area contributed by atoms with Crippen molar-refractivity contribution in [2.45, 2.75) is 0 Å². The molecule has 0 atom stereocenters. The average Bonchev–Trinajstić information content (AvgIpc) is 3.06. The SMILES string of the molecule is S=c1[nH]nc(-c2ccco2)n1/N=C\c1cccc(Br)c1. The molecule has 5 nitrogen and oxygen atoms in total.